The highest BCUT2D eigenvalue weighted by atomic mass is 16.3. The van der Waals surface area contributed by atoms with E-state index in [-0.39, 0.29) is 6.04 Å². The first kappa shape index (κ1) is 15.7. The summed E-state index contributed by atoms with van der Waals surface area (Å²) in [7, 11) is 0. The molecule has 9 heteroatoms. The van der Waals surface area contributed by atoms with Gasteiger partial charge in [-0.1, -0.05) is 28.5 Å². The molecule has 1 aliphatic heterocycles. The number of nitrogens with zero attached hydrogens (tertiary/aromatic N) is 8. The molecule has 25 heavy (non-hydrogen) atoms. The summed E-state index contributed by atoms with van der Waals surface area (Å²) in [6.07, 6.45) is 3.08. The quantitative estimate of drug-likeness (QED) is 0.760. The summed E-state index contributed by atoms with van der Waals surface area (Å²) < 4.78 is 3.63. The highest BCUT2D eigenvalue weighted by Gasteiger charge is 2.25. The largest absolute Gasteiger partial charge is 0.387 e. The minimum Gasteiger partial charge on any atom is -0.387 e. The number of aliphatic hydroxyl groups is 1. The van der Waals surface area contributed by atoms with Crippen LogP contribution in [0.1, 0.15) is 37.6 Å². The Bertz CT molecular complexity index is 820. The van der Waals surface area contributed by atoms with Crippen LogP contribution in [0.2, 0.25) is 0 Å². The summed E-state index contributed by atoms with van der Waals surface area (Å²) in [4.78, 5) is 2.19. The highest BCUT2D eigenvalue weighted by molar-refractivity contribution is 5.40. The Hall–Kier alpha value is -2.81. The van der Waals surface area contributed by atoms with Gasteiger partial charge in [0.25, 0.3) is 0 Å². The molecule has 0 saturated carbocycles. The Labute approximate surface area is 144 Å². The van der Waals surface area contributed by atoms with Crippen LogP contribution in [-0.4, -0.2) is 53.4 Å². The molecule has 0 bridgehead atoms. The van der Waals surface area contributed by atoms with Crippen LogP contribution in [0, 0.1) is 0 Å². The van der Waals surface area contributed by atoms with E-state index in [2.05, 4.69) is 30.7 Å². The number of tetrazole rings is 1. The van der Waals surface area contributed by atoms with Gasteiger partial charge >= 0.3 is 0 Å². The van der Waals surface area contributed by atoms with Gasteiger partial charge in [0, 0.05) is 13.1 Å². The van der Waals surface area contributed by atoms with Crippen molar-refractivity contribution in [1.82, 2.24) is 35.2 Å². The van der Waals surface area contributed by atoms with E-state index in [4.69, 9.17) is 0 Å². The molecule has 0 aliphatic carbocycles. The molecule has 1 saturated heterocycles. The Morgan fingerprint density at radius 3 is 2.52 bits per heavy atom. The van der Waals surface area contributed by atoms with Crippen LogP contribution in [0.5, 0.6) is 0 Å². The van der Waals surface area contributed by atoms with Crippen LogP contribution in [-0.2, 0) is 0 Å². The first-order valence-corrected chi connectivity index (χ1v) is 8.41. The molecule has 0 spiro atoms. The number of para-hydroxylation sites is 1. The average molecular weight is 340 g/mol. The van der Waals surface area contributed by atoms with E-state index in [0.29, 0.717) is 5.69 Å². The smallest absolute Gasteiger partial charge is 0.250 e. The molecular formula is C16H20N8O. The lowest BCUT2D eigenvalue weighted by Gasteiger charge is -2.31. The van der Waals surface area contributed by atoms with Crippen molar-refractivity contribution >= 4 is 5.95 Å². The van der Waals surface area contributed by atoms with Crippen molar-refractivity contribution < 1.29 is 5.11 Å². The topological polar surface area (TPSA) is 97.8 Å². The molecule has 0 amide bonds. The zero-order chi connectivity index (χ0) is 17.2. The fraction of sp³-hybridized carbons (Fsp3) is 0.438. The molecule has 1 fully saturated rings. The number of anilines is 1. The van der Waals surface area contributed by atoms with Gasteiger partial charge in [-0.05, 0) is 42.3 Å². The summed E-state index contributed by atoms with van der Waals surface area (Å²) in [5, 5.41) is 29.9. The van der Waals surface area contributed by atoms with E-state index in [9.17, 15) is 5.11 Å². The van der Waals surface area contributed by atoms with Crippen LogP contribution in [0.15, 0.2) is 36.5 Å². The molecule has 4 rings (SSSR count). The lowest BCUT2D eigenvalue weighted by atomic mass is 10.1. The second kappa shape index (κ2) is 6.60. The van der Waals surface area contributed by atoms with E-state index in [1.807, 2.05) is 41.2 Å². The molecule has 1 atom stereocenters. The van der Waals surface area contributed by atoms with Gasteiger partial charge in [-0.15, -0.1) is 5.10 Å². The molecular weight excluding hydrogens is 320 g/mol. The second-order valence-corrected chi connectivity index (χ2v) is 6.24. The van der Waals surface area contributed by atoms with Crippen molar-refractivity contribution in [3.63, 3.8) is 0 Å². The average Bonchev–Trinajstić information content (AvgIpc) is 3.32. The van der Waals surface area contributed by atoms with Crippen LogP contribution in [0.25, 0.3) is 5.69 Å². The number of piperidine rings is 1. The molecule has 130 valence electrons. The molecule has 1 aromatic carbocycles. The number of aromatic nitrogens is 7. The zero-order valence-corrected chi connectivity index (χ0v) is 14.0. The lowest BCUT2D eigenvalue weighted by molar-refractivity contribution is 0.194. The van der Waals surface area contributed by atoms with Gasteiger partial charge in [-0.2, -0.15) is 4.68 Å². The third-order valence-corrected chi connectivity index (χ3v) is 4.53. The van der Waals surface area contributed by atoms with Gasteiger partial charge in [0.1, 0.15) is 5.69 Å². The van der Waals surface area contributed by atoms with Crippen LogP contribution in [0.4, 0.5) is 5.95 Å². The van der Waals surface area contributed by atoms with E-state index < -0.39 is 6.10 Å². The van der Waals surface area contributed by atoms with Crippen molar-refractivity contribution in [2.45, 2.75) is 31.9 Å². The minimum atomic E-state index is -0.593. The van der Waals surface area contributed by atoms with E-state index in [0.717, 1.165) is 37.6 Å². The first-order chi connectivity index (χ1) is 12.2. The summed E-state index contributed by atoms with van der Waals surface area (Å²) in [5.74, 6) is 0.757. The Balaban J connectivity index is 1.47. The van der Waals surface area contributed by atoms with Gasteiger partial charge in [0.2, 0.25) is 5.95 Å². The predicted octanol–water partition coefficient (Wildman–Crippen LogP) is 1.15. The number of aliphatic hydroxyl groups excluding tert-OH is 1. The standard InChI is InChI=1S/C16H20N8O/c1-12(25)15-11-23(20-17-15)13-7-9-22(10-8-13)16-18-19-21-24(16)14-5-3-2-4-6-14/h2-6,11-13,25H,7-10H2,1H3/t12-/m0/s1. The van der Waals surface area contributed by atoms with Gasteiger partial charge in [0.05, 0.1) is 24.0 Å². The molecule has 0 unspecified atom stereocenters. The van der Waals surface area contributed by atoms with Crippen LogP contribution < -0.4 is 4.90 Å². The van der Waals surface area contributed by atoms with Gasteiger partial charge < -0.3 is 10.0 Å². The van der Waals surface area contributed by atoms with Gasteiger partial charge in [-0.3, -0.25) is 0 Å². The summed E-state index contributed by atoms with van der Waals surface area (Å²) in [6, 6.07) is 10.2. The highest BCUT2D eigenvalue weighted by Crippen LogP contribution is 2.26. The maximum absolute atomic E-state index is 9.59. The maximum atomic E-state index is 9.59. The molecule has 3 aromatic rings. The maximum Gasteiger partial charge on any atom is 0.250 e. The Kier molecular flexibility index (Phi) is 4.14. The molecule has 2 aromatic heterocycles. The molecule has 1 aliphatic rings. The minimum absolute atomic E-state index is 0.275. The number of hydrogen-bond acceptors (Lipinski definition) is 7. The zero-order valence-electron chi connectivity index (χ0n) is 14.0. The first-order valence-electron chi connectivity index (χ1n) is 8.41. The lowest BCUT2D eigenvalue weighted by Crippen LogP contribution is -2.36. The van der Waals surface area contributed by atoms with Gasteiger partial charge in [-0.25, -0.2) is 4.68 Å². The molecule has 9 nitrogen and oxygen atoms in total. The Morgan fingerprint density at radius 2 is 1.84 bits per heavy atom. The van der Waals surface area contributed by atoms with Crippen molar-refractivity contribution in [3.05, 3.63) is 42.2 Å². The fourth-order valence-corrected chi connectivity index (χ4v) is 3.11. The normalized spacial score (nSPS) is 17.0. The third-order valence-electron chi connectivity index (χ3n) is 4.53. The molecule has 1 N–H and O–H groups in total. The molecule has 3 heterocycles. The van der Waals surface area contributed by atoms with E-state index in [1.165, 1.54) is 0 Å². The van der Waals surface area contributed by atoms with Crippen LogP contribution in [0.3, 0.4) is 0 Å². The van der Waals surface area contributed by atoms with Gasteiger partial charge in [0.15, 0.2) is 0 Å². The summed E-state index contributed by atoms with van der Waals surface area (Å²) in [6.45, 7) is 3.36. The SMILES string of the molecule is C[C@H](O)c1cn(C2CCN(c3nnnn3-c3ccccc3)CC2)nn1. The summed E-state index contributed by atoms with van der Waals surface area (Å²) >= 11 is 0. The third kappa shape index (κ3) is 3.10. The summed E-state index contributed by atoms with van der Waals surface area (Å²) in [5.41, 5.74) is 1.55. The fourth-order valence-electron chi connectivity index (χ4n) is 3.11. The number of hydrogen-bond donors (Lipinski definition) is 1. The monoisotopic (exact) mass is 340 g/mol. The van der Waals surface area contributed by atoms with Crippen molar-refractivity contribution in [3.8, 4) is 5.69 Å². The predicted molar refractivity (Wildman–Crippen MR) is 90.3 cm³/mol. The molecule has 0 radical (unpaired) electrons. The second-order valence-electron chi connectivity index (χ2n) is 6.24. The van der Waals surface area contributed by atoms with Crippen molar-refractivity contribution in [2.24, 2.45) is 0 Å². The van der Waals surface area contributed by atoms with Crippen LogP contribution >= 0.6 is 0 Å². The van der Waals surface area contributed by atoms with Crippen molar-refractivity contribution in [2.75, 3.05) is 18.0 Å². The van der Waals surface area contributed by atoms with E-state index in [1.54, 1.807) is 11.6 Å². The van der Waals surface area contributed by atoms with E-state index >= 15 is 0 Å². The van der Waals surface area contributed by atoms with Crippen molar-refractivity contribution in [1.29, 1.82) is 0 Å². The Morgan fingerprint density at radius 1 is 1.08 bits per heavy atom. The number of rotatable bonds is 4. The number of benzene rings is 1.